The average molecular weight is 483 g/mol. The van der Waals surface area contributed by atoms with Gasteiger partial charge in [0.2, 0.25) is 0 Å². The molecule has 8 nitrogen and oxygen atoms in total. The maximum absolute atomic E-state index is 14.7. The molecule has 0 fully saturated rings. The standard InChI is InChI=1S/C21H22ClF3N6O2/c1-9(21(2,3)4)28-18-15(14-12(24)6-10(23)7-13(14)25)16(22)29-17-11(8-27-31(17)18)19(32)30-20(33)26-5/h6-9,28H,1-5H3,(H2,26,30,32,33). The number of hydrogen-bond donors (Lipinski definition) is 3. The van der Waals surface area contributed by atoms with Gasteiger partial charge in [-0.2, -0.15) is 9.61 Å². The van der Waals surface area contributed by atoms with Gasteiger partial charge in [-0.3, -0.25) is 10.1 Å². The van der Waals surface area contributed by atoms with Crippen LogP contribution in [0.4, 0.5) is 23.8 Å². The Balaban J connectivity index is 2.31. The van der Waals surface area contributed by atoms with Gasteiger partial charge in [0.25, 0.3) is 5.91 Å². The SMILES string of the molecule is CNC(=O)NC(=O)c1cnn2c(NC(C)C(C)(C)C)c(-c3c(F)cc(F)cc3F)c(Cl)nc12. The van der Waals surface area contributed by atoms with Crippen LogP contribution < -0.4 is 16.0 Å². The first-order valence-electron chi connectivity index (χ1n) is 9.86. The summed E-state index contributed by atoms with van der Waals surface area (Å²) < 4.78 is 44.1. The second-order valence-electron chi connectivity index (χ2n) is 8.43. The topological polar surface area (TPSA) is 100 Å². The Morgan fingerprint density at radius 2 is 1.73 bits per heavy atom. The largest absolute Gasteiger partial charge is 0.366 e. The molecule has 12 heteroatoms. The van der Waals surface area contributed by atoms with E-state index < -0.39 is 35.0 Å². The maximum atomic E-state index is 14.7. The summed E-state index contributed by atoms with van der Waals surface area (Å²) in [5.41, 5.74) is -1.27. The molecule has 33 heavy (non-hydrogen) atoms. The molecule has 1 aromatic carbocycles. The molecule has 2 heterocycles. The lowest BCUT2D eigenvalue weighted by atomic mass is 9.88. The predicted molar refractivity (Wildman–Crippen MR) is 118 cm³/mol. The van der Waals surface area contributed by atoms with Crippen molar-refractivity contribution in [2.24, 2.45) is 5.41 Å². The number of anilines is 1. The normalized spacial score (nSPS) is 12.5. The number of benzene rings is 1. The van der Waals surface area contributed by atoms with E-state index >= 15 is 0 Å². The number of carbonyl (C=O) groups excluding carboxylic acids is 2. The molecule has 0 aliphatic heterocycles. The van der Waals surface area contributed by atoms with Crippen LogP contribution in [0.25, 0.3) is 16.8 Å². The van der Waals surface area contributed by atoms with E-state index in [0.29, 0.717) is 12.1 Å². The molecule has 1 atom stereocenters. The van der Waals surface area contributed by atoms with Gasteiger partial charge in [-0.25, -0.2) is 22.9 Å². The van der Waals surface area contributed by atoms with E-state index in [4.69, 9.17) is 11.6 Å². The lowest BCUT2D eigenvalue weighted by molar-refractivity contribution is 0.0966. The Morgan fingerprint density at radius 3 is 2.27 bits per heavy atom. The molecule has 3 aromatic rings. The Morgan fingerprint density at radius 1 is 1.12 bits per heavy atom. The van der Waals surface area contributed by atoms with Crippen molar-refractivity contribution in [2.75, 3.05) is 12.4 Å². The molecule has 0 aliphatic rings. The number of amides is 3. The number of rotatable bonds is 4. The second kappa shape index (κ2) is 8.89. The molecule has 0 aliphatic carbocycles. The van der Waals surface area contributed by atoms with E-state index in [2.05, 4.69) is 26.0 Å². The van der Waals surface area contributed by atoms with Crippen molar-refractivity contribution < 1.29 is 22.8 Å². The van der Waals surface area contributed by atoms with E-state index in [9.17, 15) is 22.8 Å². The summed E-state index contributed by atoms with van der Waals surface area (Å²) >= 11 is 6.36. The molecule has 0 bridgehead atoms. The quantitative estimate of drug-likeness (QED) is 0.479. The smallest absolute Gasteiger partial charge is 0.321 e. The third-order valence-electron chi connectivity index (χ3n) is 5.21. The highest BCUT2D eigenvalue weighted by Crippen LogP contribution is 2.39. The second-order valence-corrected chi connectivity index (χ2v) is 8.79. The van der Waals surface area contributed by atoms with Gasteiger partial charge in [-0.1, -0.05) is 32.4 Å². The Hall–Kier alpha value is -3.34. The molecule has 3 rings (SSSR count). The van der Waals surface area contributed by atoms with Crippen LogP contribution in [0.15, 0.2) is 18.3 Å². The van der Waals surface area contributed by atoms with E-state index in [1.54, 1.807) is 0 Å². The minimum atomic E-state index is -1.19. The van der Waals surface area contributed by atoms with Crippen LogP contribution >= 0.6 is 11.6 Å². The molecule has 0 saturated heterocycles. The van der Waals surface area contributed by atoms with Gasteiger partial charge in [-0.05, 0) is 12.3 Å². The zero-order valence-electron chi connectivity index (χ0n) is 18.5. The number of carbonyl (C=O) groups is 2. The average Bonchev–Trinajstić information content (AvgIpc) is 3.11. The summed E-state index contributed by atoms with van der Waals surface area (Å²) in [4.78, 5) is 28.2. The molecule has 3 N–H and O–H groups in total. The molecule has 0 spiro atoms. The van der Waals surface area contributed by atoms with E-state index in [1.807, 2.05) is 27.7 Å². The van der Waals surface area contributed by atoms with Crippen LogP contribution in [-0.4, -0.2) is 39.6 Å². The Bertz CT molecular complexity index is 1230. The Kier molecular flexibility index (Phi) is 6.55. The molecule has 3 amide bonds. The van der Waals surface area contributed by atoms with Crippen LogP contribution in [0.5, 0.6) is 0 Å². The van der Waals surface area contributed by atoms with Crippen LogP contribution in [0.1, 0.15) is 38.1 Å². The van der Waals surface area contributed by atoms with E-state index in [1.165, 1.54) is 7.05 Å². The minimum absolute atomic E-state index is 0.0378. The molecule has 176 valence electrons. The highest BCUT2D eigenvalue weighted by molar-refractivity contribution is 6.33. The van der Waals surface area contributed by atoms with Crippen molar-refractivity contribution >= 4 is 35.0 Å². The number of halogens is 4. The number of nitrogens with zero attached hydrogens (tertiary/aromatic N) is 3. The number of fused-ring (bicyclic) bond motifs is 1. The van der Waals surface area contributed by atoms with Gasteiger partial charge in [0.1, 0.15) is 34.0 Å². The van der Waals surface area contributed by atoms with Gasteiger partial charge in [0.05, 0.1) is 17.3 Å². The van der Waals surface area contributed by atoms with Crippen LogP contribution in [-0.2, 0) is 0 Å². The summed E-state index contributed by atoms with van der Waals surface area (Å²) in [6.07, 6.45) is 1.14. The van der Waals surface area contributed by atoms with Crippen molar-refractivity contribution in [2.45, 2.75) is 33.7 Å². The third kappa shape index (κ3) is 4.72. The minimum Gasteiger partial charge on any atom is -0.366 e. The summed E-state index contributed by atoms with van der Waals surface area (Å²) in [6, 6.07) is 0.0247. The first kappa shape index (κ1) is 24.3. The summed E-state index contributed by atoms with van der Waals surface area (Å²) in [5.74, 6) is -4.24. The first-order chi connectivity index (χ1) is 15.3. The van der Waals surface area contributed by atoms with Crippen molar-refractivity contribution in [1.29, 1.82) is 0 Å². The molecule has 1 unspecified atom stereocenters. The zero-order chi connectivity index (χ0) is 24.7. The number of hydrogen-bond acceptors (Lipinski definition) is 5. The fourth-order valence-corrected chi connectivity index (χ4v) is 3.18. The van der Waals surface area contributed by atoms with Crippen molar-refractivity contribution in [3.8, 4) is 11.1 Å². The number of nitrogens with one attached hydrogen (secondary N) is 3. The molecule has 0 saturated carbocycles. The Labute approximate surface area is 192 Å². The van der Waals surface area contributed by atoms with Crippen LogP contribution in [0.3, 0.4) is 0 Å². The zero-order valence-corrected chi connectivity index (χ0v) is 19.2. The fraction of sp³-hybridized carbons (Fsp3) is 0.333. The van der Waals surface area contributed by atoms with Crippen molar-refractivity contribution in [3.63, 3.8) is 0 Å². The van der Waals surface area contributed by atoms with Crippen LogP contribution in [0, 0.1) is 22.9 Å². The van der Waals surface area contributed by atoms with Gasteiger partial charge < -0.3 is 10.6 Å². The fourth-order valence-electron chi connectivity index (χ4n) is 2.92. The highest BCUT2D eigenvalue weighted by atomic mass is 35.5. The number of aromatic nitrogens is 3. The lowest BCUT2D eigenvalue weighted by Crippen LogP contribution is -2.37. The summed E-state index contributed by atoms with van der Waals surface area (Å²) in [5, 5.41) is 11.3. The van der Waals surface area contributed by atoms with Gasteiger partial charge >= 0.3 is 6.03 Å². The van der Waals surface area contributed by atoms with Gasteiger partial charge in [-0.15, -0.1) is 0 Å². The third-order valence-corrected chi connectivity index (χ3v) is 5.48. The molecular formula is C21H22ClF3N6O2. The molecular weight excluding hydrogens is 461 g/mol. The molecule has 0 radical (unpaired) electrons. The molecule has 2 aromatic heterocycles. The number of imide groups is 1. The van der Waals surface area contributed by atoms with Gasteiger partial charge in [0.15, 0.2) is 5.65 Å². The van der Waals surface area contributed by atoms with Crippen molar-refractivity contribution in [1.82, 2.24) is 25.2 Å². The monoisotopic (exact) mass is 482 g/mol. The lowest BCUT2D eigenvalue weighted by Gasteiger charge is -2.30. The van der Waals surface area contributed by atoms with E-state index in [0.717, 1.165) is 10.7 Å². The predicted octanol–water partition coefficient (Wildman–Crippen LogP) is 4.38. The van der Waals surface area contributed by atoms with Crippen LogP contribution in [0.2, 0.25) is 5.15 Å². The van der Waals surface area contributed by atoms with Crippen molar-refractivity contribution in [3.05, 3.63) is 46.5 Å². The maximum Gasteiger partial charge on any atom is 0.321 e. The summed E-state index contributed by atoms with van der Waals surface area (Å²) in [7, 11) is 1.34. The number of urea groups is 1. The van der Waals surface area contributed by atoms with E-state index in [-0.39, 0.29) is 39.2 Å². The summed E-state index contributed by atoms with van der Waals surface area (Å²) in [6.45, 7) is 7.65. The first-order valence-corrected chi connectivity index (χ1v) is 10.2. The highest BCUT2D eigenvalue weighted by Gasteiger charge is 2.29. The van der Waals surface area contributed by atoms with Gasteiger partial charge in [0, 0.05) is 25.2 Å².